The predicted molar refractivity (Wildman–Crippen MR) is 68.2 cm³/mol. The molecule has 0 bridgehead atoms. The molecule has 0 spiro atoms. The van der Waals surface area contributed by atoms with Crippen LogP contribution in [0.25, 0.3) is 0 Å². The zero-order valence-corrected chi connectivity index (χ0v) is 10.7. The third kappa shape index (κ3) is 3.29. The Morgan fingerprint density at radius 1 is 1.38 bits per heavy atom. The number of para-hydroxylation sites is 1. The van der Waals surface area contributed by atoms with Crippen LogP contribution in [0.2, 0.25) is 10.0 Å². The topological polar surface area (TPSA) is 41.1 Å². The molecule has 0 saturated heterocycles. The minimum atomic E-state index is -0.377. The van der Waals surface area contributed by atoms with Crippen molar-refractivity contribution in [3.63, 3.8) is 0 Å². The van der Waals surface area contributed by atoms with Crippen LogP contribution in [0.1, 0.15) is 13.8 Å². The van der Waals surface area contributed by atoms with Gasteiger partial charge in [0.25, 0.3) is 0 Å². The molecule has 0 aliphatic carbocycles. The molecule has 88 valence electrons. The fourth-order valence-corrected chi connectivity index (χ4v) is 1.75. The van der Waals surface area contributed by atoms with Gasteiger partial charge in [0, 0.05) is 6.54 Å². The van der Waals surface area contributed by atoms with Gasteiger partial charge in [0.05, 0.1) is 15.7 Å². The van der Waals surface area contributed by atoms with Crippen LogP contribution < -0.4 is 10.6 Å². The van der Waals surface area contributed by atoms with Crippen molar-refractivity contribution in [1.82, 2.24) is 5.32 Å². The van der Waals surface area contributed by atoms with Crippen LogP contribution >= 0.6 is 23.2 Å². The summed E-state index contributed by atoms with van der Waals surface area (Å²) in [5, 5.41) is 6.71. The fraction of sp³-hybridized carbons (Fsp3) is 0.364. The second-order valence-electron chi connectivity index (χ2n) is 3.36. The van der Waals surface area contributed by atoms with Gasteiger partial charge in [0.15, 0.2) is 0 Å². The van der Waals surface area contributed by atoms with Crippen molar-refractivity contribution in [3.8, 4) is 0 Å². The highest BCUT2D eigenvalue weighted by Gasteiger charge is 2.14. The van der Waals surface area contributed by atoms with E-state index in [9.17, 15) is 4.79 Å². The molecule has 0 radical (unpaired) electrons. The number of halogens is 2. The first-order valence-electron chi connectivity index (χ1n) is 5.04. The molecule has 3 nitrogen and oxygen atoms in total. The Hall–Kier alpha value is -0.930. The number of amides is 1. The van der Waals surface area contributed by atoms with Crippen molar-refractivity contribution in [2.75, 3.05) is 11.9 Å². The zero-order chi connectivity index (χ0) is 12.1. The van der Waals surface area contributed by atoms with E-state index < -0.39 is 0 Å². The lowest BCUT2D eigenvalue weighted by Gasteiger charge is -2.16. The van der Waals surface area contributed by atoms with E-state index >= 15 is 0 Å². The Morgan fingerprint density at radius 3 is 2.44 bits per heavy atom. The lowest BCUT2D eigenvalue weighted by atomic mass is 10.2. The summed E-state index contributed by atoms with van der Waals surface area (Å²) in [6.45, 7) is 4.22. The number of hydrogen-bond acceptors (Lipinski definition) is 2. The molecule has 0 heterocycles. The largest absolute Gasteiger partial charge is 0.371 e. The van der Waals surface area contributed by atoms with Crippen LogP contribution in [0.5, 0.6) is 0 Å². The average Bonchev–Trinajstić information content (AvgIpc) is 2.23. The first-order chi connectivity index (χ1) is 7.56. The van der Waals surface area contributed by atoms with Crippen LogP contribution in [0, 0.1) is 0 Å². The lowest BCUT2D eigenvalue weighted by Crippen LogP contribution is -2.37. The maximum Gasteiger partial charge on any atom is 0.242 e. The fourth-order valence-electron chi connectivity index (χ4n) is 1.25. The van der Waals surface area contributed by atoms with E-state index in [0.717, 1.165) is 0 Å². The standard InChI is InChI=1S/C11H14Cl2N2O/c1-3-14-11(16)7(2)15-10-8(12)5-4-6-9(10)13/h4-7,15H,3H2,1-2H3,(H,14,16). The molecule has 1 rings (SSSR count). The Morgan fingerprint density at radius 2 is 1.94 bits per heavy atom. The average molecular weight is 261 g/mol. The minimum absolute atomic E-state index is 0.0847. The van der Waals surface area contributed by atoms with Gasteiger partial charge in [-0.2, -0.15) is 0 Å². The van der Waals surface area contributed by atoms with Crippen LogP contribution in [0.4, 0.5) is 5.69 Å². The number of hydrogen-bond donors (Lipinski definition) is 2. The molecule has 5 heteroatoms. The molecule has 1 aromatic carbocycles. The van der Waals surface area contributed by atoms with Crippen molar-refractivity contribution in [2.45, 2.75) is 19.9 Å². The van der Waals surface area contributed by atoms with Gasteiger partial charge in [0.1, 0.15) is 6.04 Å². The van der Waals surface area contributed by atoms with Crippen LogP contribution in [-0.2, 0) is 4.79 Å². The van der Waals surface area contributed by atoms with Gasteiger partial charge < -0.3 is 10.6 Å². The first-order valence-corrected chi connectivity index (χ1v) is 5.80. The molecule has 0 aromatic heterocycles. The predicted octanol–water partition coefficient (Wildman–Crippen LogP) is 2.93. The summed E-state index contributed by atoms with van der Waals surface area (Å²) in [7, 11) is 0. The molecule has 2 N–H and O–H groups in total. The number of nitrogens with one attached hydrogen (secondary N) is 2. The lowest BCUT2D eigenvalue weighted by molar-refractivity contribution is -0.121. The van der Waals surface area contributed by atoms with E-state index in [1.165, 1.54) is 0 Å². The summed E-state index contributed by atoms with van der Waals surface area (Å²) >= 11 is 12.0. The van der Waals surface area contributed by atoms with Gasteiger partial charge in [-0.25, -0.2) is 0 Å². The van der Waals surface area contributed by atoms with Gasteiger partial charge in [-0.1, -0.05) is 29.3 Å². The van der Waals surface area contributed by atoms with Crippen LogP contribution in [0.15, 0.2) is 18.2 Å². The quantitative estimate of drug-likeness (QED) is 0.874. The van der Waals surface area contributed by atoms with Gasteiger partial charge in [-0.05, 0) is 26.0 Å². The highest BCUT2D eigenvalue weighted by molar-refractivity contribution is 6.39. The minimum Gasteiger partial charge on any atom is -0.371 e. The Kier molecular flexibility index (Phi) is 4.90. The molecule has 1 atom stereocenters. The highest BCUT2D eigenvalue weighted by atomic mass is 35.5. The molecule has 0 aliphatic heterocycles. The number of benzene rings is 1. The smallest absolute Gasteiger partial charge is 0.242 e. The third-order valence-corrected chi connectivity index (χ3v) is 2.70. The van der Waals surface area contributed by atoms with Gasteiger partial charge in [0.2, 0.25) is 5.91 Å². The highest BCUT2D eigenvalue weighted by Crippen LogP contribution is 2.30. The number of rotatable bonds is 4. The van der Waals surface area contributed by atoms with E-state index in [1.807, 2.05) is 6.92 Å². The number of carbonyl (C=O) groups excluding carboxylic acids is 1. The summed E-state index contributed by atoms with van der Waals surface area (Å²) in [5.74, 6) is -0.0847. The maximum absolute atomic E-state index is 11.5. The summed E-state index contributed by atoms with van der Waals surface area (Å²) in [4.78, 5) is 11.5. The molecular formula is C11H14Cl2N2O. The molecule has 1 unspecified atom stereocenters. The third-order valence-electron chi connectivity index (χ3n) is 2.07. The summed E-state index contributed by atoms with van der Waals surface area (Å²) < 4.78 is 0. The molecule has 1 aromatic rings. The molecule has 0 saturated carbocycles. The van der Waals surface area contributed by atoms with Crippen molar-refractivity contribution >= 4 is 34.8 Å². The molecule has 0 fully saturated rings. The van der Waals surface area contributed by atoms with Gasteiger partial charge in [-0.3, -0.25) is 4.79 Å². The van der Waals surface area contributed by atoms with Crippen LogP contribution in [-0.4, -0.2) is 18.5 Å². The number of likely N-dealkylation sites (N-methyl/N-ethyl adjacent to an activating group) is 1. The van der Waals surface area contributed by atoms with E-state index in [4.69, 9.17) is 23.2 Å². The van der Waals surface area contributed by atoms with Crippen molar-refractivity contribution < 1.29 is 4.79 Å². The number of carbonyl (C=O) groups is 1. The second-order valence-corrected chi connectivity index (χ2v) is 4.17. The van der Waals surface area contributed by atoms with Gasteiger partial charge >= 0.3 is 0 Å². The Bertz CT molecular complexity index is 362. The molecule has 0 aliphatic rings. The summed E-state index contributed by atoms with van der Waals surface area (Å²) in [6.07, 6.45) is 0. The SMILES string of the molecule is CCNC(=O)C(C)Nc1c(Cl)cccc1Cl. The maximum atomic E-state index is 11.5. The van der Waals surface area contributed by atoms with E-state index in [0.29, 0.717) is 22.3 Å². The second kappa shape index (κ2) is 5.97. The van der Waals surface area contributed by atoms with Gasteiger partial charge in [-0.15, -0.1) is 0 Å². The Labute approximate surface area is 105 Å². The first kappa shape index (κ1) is 13.1. The Balaban J connectivity index is 2.76. The van der Waals surface area contributed by atoms with E-state index in [2.05, 4.69) is 10.6 Å². The van der Waals surface area contributed by atoms with Crippen molar-refractivity contribution in [1.29, 1.82) is 0 Å². The summed E-state index contributed by atoms with van der Waals surface area (Å²) in [5.41, 5.74) is 0.588. The summed E-state index contributed by atoms with van der Waals surface area (Å²) in [6, 6.07) is 4.82. The number of anilines is 1. The zero-order valence-electron chi connectivity index (χ0n) is 9.18. The molecule has 1 amide bonds. The van der Waals surface area contributed by atoms with E-state index in [1.54, 1.807) is 25.1 Å². The van der Waals surface area contributed by atoms with Crippen molar-refractivity contribution in [2.24, 2.45) is 0 Å². The monoisotopic (exact) mass is 260 g/mol. The normalized spacial score (nSPS) is 12.0. The molecular weight excluding hydrogens is 247 g/mol. The van der Waals surface area contributed by atoms with E-state index in [-0.39, 0.29) is 11.9 Å². The van der Waals surface area contributed by atoms with Crippen LogP contribution in [0.3, 0.4) is 0 Å². The molecule has 16 heavy (non-hydrogen) atoms. The van der Waals surface area contributed by atoms with Crippen molar-refractivity contribution in [3.05, 3.63) is 28.2 Å².